The molecule has 0 saturated carbocycles. The molecule has 1 N–H and O–H groups in total. The van der Waals surface area contributed by atoms with Gasteiger partial charge in [0.05, 0.1) is 12.7 Å². The van der Waals surface area contributed by atoms with Crippen LogP contribution < -0.4 is 0 Å². The summed E-state index contributed by atoms with van der Waals surface area (Å²) in [7, 11) is 0. The molecule has 1 heterocycles. The van der Waals surface area contributed by atoms with Gasteiger partial charge in [-0.2, -0.15) is 0 Å². The molecule has 0 spiro atoms. The van der Waals surface area contributed by atoms with Gasteiger partial charge in [-0.15, -0.1) is 0 Å². The topological polar surface area (TPSA) is 46.5 Å². The first-order valence-corrected chi connectivity index (χ1v) is 6.18. The lowest BCUT2D eigenvalue weighted by molar-refractivity contribution is -0.142. The number of benzene rings is 2. The maximum absolute atomic E-state index is 11.0. The quantitative estimate of drug-likeness (QED) is 0.891. The van der Waals surface area contributed by atoms with Crippen molar-refractivity contribution in [2.75, 3.05) is 0 Å². The van der Waals surface area contributed by atoms with Crippen molar-refractivity contribution in [3.05, 3.63) is 53.8 Å². The smallest absolute Gasteiger partial charge is 0.307 e. The second-order valence-electron chi connectivity index (χ2n) is 4.97. The Kier molecular flexibility index (Phi) is 2.56. The highest BCUT2D eigenvalue weighted by atomic mass is 16.5. The summed E-state index contributed by atoms with van der Waals surface area (Å²) in [6, 6.07) is 12.0. The molecule has 19 heavy (non-hydrogen) atoms. The van der Waals surface area contributed by atoms with Gasteiger partial charge in [-0.05, 0) is 29.3 Å². The number of hydrogen-bond donors (Lipinski definition) is 1. The second-order valence-corrected chi connectivity index (χ2v) is 4.97. The Labute approximate surface area is 111 Å². The van der Waals surface area contributed by atoms with E-state index in [0.717, 1.165) is 21.9 Å². The molecule has 0 aromatic heterocycles. The Hall–Kier alpha value is -2.29. The van der Waals surface area contributed by atoms with E-state index in [1.54, 1.807) is 6.26 Å². The Morgan fingerprint density at radius 2 is 2.05 bits per heavy atom. The van der Waals surface area contributed by atoms with Crippen molar-refractivity contribution >= 4 is 22.8 Å². The Morgan fingerprint density at radius 1 is 1.26 bits per heavy atom. The fourth-order valence-electron chi connectivity index (χ4n) is 2.68. The molecular formula is C16H14O3. The summed E-state index contributed by atoms with van der Waals surface area (Å²) in [5.41, 5.74) is 1.17. The third-order valence-electron chi connectivity index (χ3n) is 3.59. The zero-order chi connectivity index (χ0) is 13.5. The normalized spacial score (nSPS) is 20.9. The number of carbonyl (C=O) groups is 1. The highest BCUT2D eigenvalue weighted by molar-refractivity contribution is 5.92. The van der Waals surface area contributed by atoms with Gasteiger partial charge in [0.25, 0.3) is 0 Å². The monoisotopic (exact) mass is 254 g/mol. The molecule has 0 saturated heterocycles. The van der Waals surface area contributed by atoms with Gasteiger partial charge in [0.2, 0.25) is 0 Å². The van der Waals surface area contributed by atoms with Crippen LogP contribution in [-0.2, 0) is 15.1 Å². The summed E-state index contributed by atoms with van der Waals surface area (Å²) in [5, 5.41) is 11.3. The summed E-state index contributed by atoms with van der Waals surface area (Å²) in [6.45, 7) is 1.82. The third-order valence-corrected chi connectivity index (χ3v) is 3.59. The van der Waals surface area contributed by atoms with Crippen LogP contribution in [-0.4, -0.2) is 11.1 Å². The van der Waals surface area contributed by atoms with Gasteiger partial charge in [-0.3, -0.25) is 4.79 Å². The first-order valence-electron chi connectivity index (χ1n) is 6.18. The van der Waals surface area contributed by atoms with Crippen LogP contribution in [0.25, 0.3) is 16.8 Å². The number of aliphatic carboxylic acids is 1. The van der Waals surface area contributed by atoms with Gasteiger partial charge in [0.1, 0.15) is 5.60 Å². The van der Waals surface area contributed by atoms with E-state index in [1.165, 1.54) is 0 Å². The van der Waals surface area contributed by atoms with Crippen molar-refractivity contribution in [1.29, 1.82) is 0 Å². The molecule has 3 nitrogen and oxygen atoms in total. The van der Waals surface area contributed by atoms with E-state index in [1.807, 2.05) is 49.4 Å². The summed E-state index contributed by atoms with van der Waals surface area (Å²) in [5.74, 6) is -0.864. The second kappa shape index (κ2) is 4.12. The molecule has 0 radical (unpaired) electrons. The fourth-order valence-corrected chi connectivity index (χ4v) is 2.68. The van der Waals surface area contributed by atoms with E-state index in [9.17, 15) is 4.79 Å². The Balaban J connectivity index is 2.24. The highest BCUT2D eigenvalue weighted by Crippen LogP contribution is 2.39. The average Bonchev–Trinajstić information content (AvgIpc) is 2.37. The van der Waals surface area contributed by atoms with Gasteiger partial charge in [-0.25, -0.2) is 0 Å². The maximum atomic E-state index is 11.0. The van der Waals surface area contributed by atoms with Crippen LogP contribution in [0, 0.1) is 0 Å². The van der Waals surface area contributed by atoms with Crippen LogP contribution in [0.5, 0.6) is 0 Å². The lowest BCUT2D eigenvalue weighted by Gasteiger charge is -2.32. The molecule has 1 atom stereocenters. The zero-order valence-corrected chi connectivity index (χ0v) is 10.6. The molecular weight excluding hydrogens is 240 g/mol. The molecule has 0 amide bonds. The van der Waals surface area contributed by atoms with Gasteiger partial charge in [0, 0.05) is 5.56 Å². The van der Waals surface area contributed by atoms with E-state index in [2.05, 4.69) is 0 Å². The number of carboxylic acid groups (broad SMARTS) is 1. The van der Waals surface area contributed by atoms with Gasteiger partial charge < -0.3 is 9.84 Å². The van der Waals surface area contributed by atoms with Crippen molar-refractivity contribution in [2.24, 2.45) is 0 Å². The lowest BCUT2D eigenvalue weighted by atomic mass is 9.84. The number of carboxylic acids is 1. The molecule has 1 aliphatic heterocycles. The SMILES string of the molecule is CC1(CC(=O)O)OC=Cc2c1ccc1ccccc21. The number of rotatable bonds is 2. The molecule has 0 bridgehead atoms. The van der Waals surface area contributed by atoms with E-state index in [-0.39, 0.29) is 6.42 Å². The minimum Gasteiger partial charge on any atom is -0.490 e. The van der Waals surface area contributed by atoms with Crippen molar-refractivity contribution < 1.29 is 14.6 Å². The zero-order valence-electron chi connectivity index (χ0n) is 10.6. The number of hydrogen-bond acceptors (Lipinski definition) is 2. The summed E-state index contributed by atoms with van der Waals surface area (Å²) >= 11 is 0. The Morgan fingerprint density at radius 3 is 2.84 bits per heavy atom. The third kappa shape index (κ3) is 1.87. The molecule has 2 aromatic carbocycles. The van der Waals surface area contributed by atoms with E-state index in [4.69, 9.17) is 9.84 Å². The molecule has 2 aromatic rings. The van der Waals surface area contributed by atoms with Crippen LogP contribution in [0.2, 0.25) is 0 Å². The molecule has 3 rings (SSSR count). The minimum atomic E-state index is -0.864. The van der Waals surface area contributed by atoms with Gasteiger partial charge >= 0.3 is 5.97 Å². The van der Waals surface area contributed by atoms with Crippen LogP contribution in [0.1, 0.15) is 24.5 Å². The molecule has 0 aliphatic carbocycles. The first-order chi connectivity index (χ1) is 9.10. The van der Waals surface area contributed by atoms with Crippen LogP contribution in [0.3, 0.4) is 0 Å². The van der Waals surface area contributed by atoms with Crippen molar-refractivity contribution in [1.82, 2.24) is 0 Å². The molecule has 3 heteroatoms. The van der Waals surface area contributed by atoms with E-state index in [0.29, 0.717) is 0 Å². The average molecular weight is 254 g/mol. The maximum Gasteiger partial charge on any atom is 0.307 e. The number of ether oxygens (including phenoxy) is 1. The van der Waals surface area contributed by atoms with Crippen LogP contribution >= 0.6 is 0 Å². The molecule has 96 valence electrons. The van der Waals surface area contributed by atoms with Crippen molar-refractivity contribution in [3.63, 3.8) is 0 Å². The largest absolute Gasteiger partial charge is 0.490 e. The number of fused-ring (bicyclic) bond motifs is 3. The lowest BCUT2D eigenvalue weighted by Crippen LogP contribution is -2.30. The fraction of sp³-hybridized carbons (Fsp3) is 0.188. The van der Waals surface area contributed by atoms with Crippen molar-refractivity contribution in [2.45, 2.75) is 18.9 Å². The summed E-state index contributed by atoms with van der Waals surface area (Å²) < 4.78 is 5.59. The molecule has 1 aliphatic rings. The van der Waals surface area contributed by atoms with Gasteiger partial charge in [-0.1, -0.05) is 36.4 Å². The predicted molar refractivity (Wildman–Crippen MR) is 73.7 cm³/mol. The molecule has 1 unspecified atom stereocenters. The van der Waals surface area contributed by atoms with Crippen molar-refractivity contribution in [3.8, 4) is 0 Å². The van der Waals surface area contributed by atoms with E-state index < -0.39 is 11.6 Å². The minimum absolute atomic E-state index is 0.0529. The van der Waals surface area contributed by atoms with Gasteiger partial charge in [0.15, 0.2) is 0 Å². The van der Waals surface area contributed by atoms with Crippen LogP contribution in [0.4, 0.5) is 0 Å². The van der Waals surface area contributed by atoms with Crippen LogP contribution in [0.15, 0.2) is 42.7 Å². The van der Waals surface area contributed by atoms with E-state index >= 15 is 0 Å². The molecule has 0 fully saturated rings. The summed E-state index contributed by atoms with van der Waals surface area (Å²) in [6.07, 6.45) is 3.45. The first kappa shape index (κ1) is 11.8. The summed E-state index contributed by atoms with van der Waals surface area (Å²) in [4.78, 5) is 11.0. The highest BCUT2D eigenvalue weighted by Gasteiger charge is 2.35. The Bertz CT molecular complexity index is 687. The standard InChI is InChI=1S/C16H14O3/c1-16(10-15(17)18)14-7-6-11-4-2-3-5-12(11)13(14)8-9-19-16/h2-9H,10H2,1H3,(H,17,18). The predicted octanol–water partition coefficient (Wildman–Crippen LogP) is 3.53.